The molecule has 2 aromatic rings. The fourth-order valence-electron chi connectivity index (χ4n) is 1.80. The number of aromatic nitrogens is 4. The van der Waals surface area contributed by atoms with E-state index in [0.29, 0.717) is 23.3 Å². The van der Waals surface area contributed by atoms with Crippen molar-refractivity contribution in [3.63, 3.8) is 0 Å². The molecular weight excluding hydrogens is 259 g/mol. The summed E-state index contributed by atoms with van der Waals surface area (Å²) in [7, 11) is 1.72. The summed E-state index contributed by atoms with van der Waals surface area (Å²) in [6.07, 6.45) is 2.66. The van der Waals surface area contributed by atoms with Gasteiger partial charge >= 0.3 is 0 Å². The van der Waals surface area contributed by atoms with Crippen LogP contribution in [0.15, 0.2) is 18.5 Å². The van der Waals surface area contributed by atoms with Gasteiger partial charge in [0.15, 0.2) is 11.6 Å². The number of nitrogens with one attached hydrogen (secondary N) is 1. The smallest absolute Gasteiger partial charge is 0.230 e. The highest BCUT2D eigenvalue weighted by Gasteiger charge is 2.14. The molecule has 0 aliphatic carbocycles. The summed E-state index contributed by atoms with van der Waals surface area (Å²) in [6.45, 7) is 5.56. The topological polar surface area (TPSA) is 66.8 Å². The van der Waals surface area contributed by atoms with Crippen LogP contribution >= 0.6 is 0 Å². The zero-order valence-corrected chi connectivity index (χ0v) is 11.8. The van der Waals surface area contributed by atoms with Gasteiger partial charge in [0.2, 0.25) is 11.9 Å². The van der Waals surface area contributed by atoms with Crippen LogP contribution in [0.1, 0.15) is 13.8 Å². The van der Waals surface area contributed by atoms with Crippen LogP contribution in [-0.2, 0) is 0 Å². The Morgan fingerprint density at radius 2 is 1.95 bits per heavy atom. The molecule has 6 nitrogen and oxygen atoms in total. The van der Waals surface area contributed by atoms with E-state index in [-0.39, 0.29) is 0 Å². The molecular formula is C13H17FN6. The minimum absolute atomic E-state index is 0.297. The van der Waals surface area contributed by atoms with Crippen molar-refractivity contribution in [1.82, 2.24) is 19.9 Å². The third kappa shape index (κ3) is 2.81. The van der Waals surface area contributed by atoms with Crippen LogP contribution < -0.4 is 10.2 Å². The minimum Gasteiger partial charge on any atom is -0.357 e. The Labute approximate surface area is 117 Å². The Morgan fingerprint density at radius 3 is 2.55 bits per heavy atom. The van der Waals surface area contributed by atoms with Gasteiger partial charge < -0.3 is 10.2 Å². The Kier molecular flexibility index (Phi) is 4.39. The second kappa shape index (κ2) is 6.23. The first-order valence-electron chi connectivity index (χ1n) is 6.48. The lowest BCUT2D eigenvalue weighted by atomic mass is 10.2. The molecule has 0 saturated heterocycles. The predicted octanol–water partition coefficient (Wildman–Crippen LogP) is 1.96. The number of anilines is 2. The molecule has 106 valence electrons. The van der Waals surface area contributed by atoms with Gasteiger partial charge in [0, 0.05) is 26.3 Å². The van der Waals surface area contributed by atoms with E-state index in [9.17, 15) is 4.39 Å². The number of rotatable bonds is 5. The molecule has 0 atom stereocenters. The average Bonchev–Trinajstić information content (AvgIpc) is 2.48. The molecule has 0 radical (unpaired) electrons. The second-order valence-corrected chi connectivity index (χ2v) is 4.06. The maximum Gasteiger partial charge on any atom is 0.230 e. The van der Waals surface area contributed by atoms with E-state index in [2.05, 4.69) is 25.3 Å². The fourth-order valence-corrected chi connectivity index (χ4v) is 1.80. The number of pyridine rings is 1. The van der Waals surface area contributed by atoms with Crippen LogP contribution in [0.4, 0.5) is 16.3 Å². The molecule has 7 heteroatoms. The van der Waals surface area contributed by atoms with Crippen molar-refractivity contribution in [1.29, 1.82) is 0 Å². The number of nitrogens with zero attached hydrogens (tertiary/aromatic N) is 5. The standard InChI is InChI=1S/C13H17FN6/c1-4-20(5-2)13-18-11(17-12(15-3)19-13)9-6-7-16-8-10(9)14/h6-8H,4-5H2,1-3H3,(H,15,17,18,19). The van der Waals surface area contributed by atoms with Crippen LogP contribution in [0.25, 0.3) is 11.4 Å². The molecule has 2 aromatic heterocycles. The Balaban J connectivity index is 2.54. The van der Waals surface area contributed by atoms with Crippen molar-refractivity contribution in [3.8, 4) is 11.4 Å². The van der Waals surface area contributed by atoms with Gasteiger partial charge in [0.1, 0.15) is 0 Å². The monoisotopic (exact) mass is 276 g/mol. The maximum absolute atomic E-state index is 13.8. The van der Waals surface area contributed by atoms with Crippen molar-refractivity contribution in [2.24, 2.45) is 0 Å². The van der Waals surface area contributed by atoms with E-state index in [4.69, 9.17) is 0 Å². The van der Waals surface area contributed by atoms with Crippen LogP contribution in [0, 0.1) is 5.82 Å². The Bertz CT molecular complexity index is 585. The summed E-state index contributed by atoms with van der Waals surface area (Å²) < 4.78 is 13.8. The minimum atomic E-state index is -0.453. The van der Waals surface area contributed by atoms with Crippen LogP contribution in [0.5, 0.6) is 0 Å². The van der Waals surface area contributed by atoms with E-state index in [1.54, 1.807) is 13.1 Å². The summed E-state index contributed by atoms with van der Waals surface area (Å²) in [5, 5.41) is 2.87. The molecule has 2 heterocycles. The highest BCUT2D eigenvalue weighted by molar-refractivity contribution is 5.58. The molecule has 20 heavy (non-hydrogen) atoms. The van der Waals surface area contributed by atoms with Gasteiger partial charge in [-0.1, -0.05) is 0 Å². The van der Waals surface area contributed by atoms with Crippen LogP contribution in [0.2, 0.25) is 0 Å². The van der Waals surface area contributed by atoms with Crippen molar-refractivity contribution in [2.75, 3.05) is 30.4 Å². The Hall–Kier alpha value is -2.31. The molecule has 0 aliphatic rings. The molecule has 0 spiro atoms. The molecule has 0 aromatic carbocycles. The lowest BCUT2D eigenvalue weighted by molar-refractivity contribution is 0.623. The Morgan fingerprint density at radius 1 is 1.20 bits per heavy atom. The summed E-state index contributed by atoms with van der Waals surface area (Å²) in [5.41, 5.74) is 0.312. The second-order valence-electron chi connectivity index (χ2n) is 4.06. The normalized spacial score (nSPS) is 10.4. The largest absolute Gasteiger partial charge is 0.357 e. The van der Waals surface area contributed by atoms with Gasteiger partial charge in [-0.15, -0.1) is 0 Å². The van der Waals surface area contributed by atoms with Crippen molar-refractivity contribution in [2.45, 2.75) is 13.8 Å². The highest BCUT2D eigenvalue weighted by Crippen LogP contribution is 2.21. The number of halogens is 1. The lowest BCUT2D eigenvalue weighted by Crippen LogP contribution is -2.25. The molecule has 0 saturated carbocycles. The first kappa shape index (κ1) is 14.1. The van der Waals surface area contributed by atoms with Crippen molar-refractivity contribution >= 4 is 11.9 Å². The summed E-state index contributed by atoms with van der Waals surface area (Å²) in [5.74, 6) is 0.783. The molecule has 1 N–H and O–H groups in total. The first-order valence-corrected chi connectivity index (χ1v) is 6.48. The van der Waals surface area contributed by atoms with Gasteiger partial charge in [-0.25, -0.2) is 4.39 Å². The van der Waals surface area contributed by atoms with E-state index >= 15 is 0 Å². The van der Waals surface area contributed by atoms with Crippen molar-refractivity contribution in [3.05, 3.63) is 24.3 Å². The lowest BCUT2D eigenvalue weighted by Gasteiger charge is -2.19. The predicted molar refractivity (Wildman–Crippen MR) is 76.1 cm³/mol. The fraction of sp³-hybridized carbons (Fsp3) is 0.385. The summed E-state index contributed by atoms with van der Waals surface area (Å²) in [6, 6.07) is 1.55. The van der Waals surface area contributed by atoms with E-state index in [0.717, 1.165) is 19.3 Å². The van der Waals surface area contributed by atoms with E-state index < -0.39 is 5.82 Å². The number of hydrogen-bond donors (Lipinski definition) is 1. The van der Waals surface area contributed by atoms with Gasteiger partial charge in [0.25, 0.3) is 0 Å². The van der Waals surface area contributed by atoms with E-state index in [1.807, 2.05) is 18.7 Å². The third-order valence-electron chi connectivity index (χ3n) is 2.91. The molecule has 0 amide bonds. The first-order chi connectivity index (χ1) is 9.69. The molecule has 2 rings (SSSR count). The van der Waals surface area contributed by atoms with Gasteiger partial charge in [-0.05, 0) is 19.9 Å². The van der Waals surface area contributed by atoms with Crippen LogP contribution in [0.3, 0.4) is 0 Å². The van der Waals surface area contributed by atoms with Crippen molar-refractivity contribution < 1.29 is 4.39 Å². The number of hydrogen-bond acceptors (Lipinski definition) is 6. The summed E-state index contributed by atoms with van der Waals surface area (Å²) >= 11 is 0. The molecule has 0 bridgehead atoms. The molecule has 0 aliphatic heterocycles. The third-order valence-corrected chi connectivity index (χ3v) is 2.91. The quantitative estimate of drug-likeness (QED) is 0.900. The van der Waals surface area contributed by atoms with Gasteiger partial charge in [-0.2, -0.15) is 15.0 Å². The zero-order valence-electron chi connectivity index (χ0n) is 11.8. The van der Waals surface area contributed by atoms with Gasteiger partial charge in [0.05, 0.1) is 11.8 Å². The maximum atomic E-state index is 13.8. The zero-order chi connectivity index (χ0) is 14.5. The SMILES string of the molecule is CCN(CC)c1nc(NC)nc(-c2ccncc2F)n1. The average molecular weight is 276 g/mol. The van der Waals surface area contributed by atoms with Crippen LogP contribution in [-0.4, -0.2) is 40.1 Å². The highest BCUT2D eigenvalue weighted by atomic mass is 19.1. The molecule has 0 fully saturated rings. The van der Waals surface area contributed by atoms with E-state index in [1.165, 1.54) is 6.20 Å². The van der Waals surface area contributed by atoms with Gasteiger partial charge in [-0.3, -0.25) is 4.98 Å². The summed E-state index contributed by atoms with van der Waals surface area (Å²) in [4.78, 5) is 18.6. The molecule has 0 unspecified atom stereocenters.